The number of halogens is 2. The summed E-state index contributed by atoms with van der Waals surface area (Å²) in [4.78, 5) is 0.341. The number of benzene rings is 2. The van der Waals surface area contributed by atoms with Gasteiger partial charge in [-0.1, -0.05) is 42.0 Å². The molecular formula is C20H16BrClO2S. The molecule has 0 radical (unpaired) electrons. The van der Waals surface area contributed by atoms with E-state index in [2.05, 4.69) is 34.1 Å². The maximum atomic E-state index is 11.7. The first-order valence-corrected chi connectivity index (χ1v) is 11.1. The van der Waals surface area contributed by atoms with Crippen molar-refractivity contribution in [1.82, 2.24) is 0 Å². The van der Waals surface area contributed by atoms with E-state index < -0.39 is 9.84 Å². The first kappa shape index (κ1) is 17.1. The van der Waals surface area contributed by atoms with Crippen molar-refractivity contribution in [1.29, 1.82) is 0 Å². The lowest BCUT2D eigenvalue weighted by molar-refractivity contribution is 0.602. The van der Waals surface area contributed by atoms with E-state index in [1.165, 1.54) is 11.8 Å². The van der Waals surface area contributed by atoms with E-state index in [1.54, 1.807) is 12.1 Å². The Bertz CT molecular complexity index is 1030. The highest BCUT2D eigenvalue weighted by atomic mass is 79.9. The lowest BCUT2D eigenvalue weighted by Gasteiger charge is -2.11. The predicted molar refractivity (Wildman–Crippen MR) is 106 cm³/mol. The zero-order valence-electron chi connectivity index (χ0n) is 13.6. The van der Waals surface area contributed by atoms with Crippen molar-refractivity contribution in [2.75, 3.05) is 6.26 Å². The smallest absolute Gasteiger partial charge is 0.175 e. The van der Waals surface area contributed by atoms with Gasteiger partial charge in [-0.3, -0.25) is 0 Å². The SMILES string of the molecule is CS(=O)(=O)c1ccc(C2=CC3(C=C2c2ccc(Br)c(Cl)c2)CC3)cc1. The van der Waals surface area contributed by atoms with Gasteiger partial charge in [-0.05, 0) is 75.3 Å². The molecule has 1 saturated carbocycles. The third kappa shape index (κ3) is 3.23. The second-order valence-corrected chi connectivity index (χ2v) is 10.1. The minimum atomic E-state index is -3.19. The molecule has 128 valence electrons. The summed E-state index contributed by atoms with van der Waals surface area (Å²) in [6, 6.07) is 13.1. The lowest BCUT2D eigenvalue weighted by Crippen LogP contribution is -1.97. The Kier molecular flexibility index (Phi) is 3.98. The lowest BCUT2D eigenvalue weighted by atomic mass is 9.95. The van der Waals surface area contributed by atoms with Crippen molar-refractivity contribution in [2.45, 2.75) is 17.7 Å². The number of sulfone groups is 1. The van der Waals surface area contributed by atoms with Crippen molar-refractivity contribution in [3.8, 4) is 0 Å². The fourth-order valence-electron chi connectivity index (χ4n) is 3.23. The van der Waals surface area contributed by atoms with Gasteiger partial charge in [0, 0.05) is 16.1 Å². The summed E-state index contributed by atoms with van der Waals surface area (Å²) in [7, 11) is -3.19. The van der Waals surface area contributed by atoms with Gasteiger partial charge in [0.25, 0.3) is 0 Å². The molecular weight excluding hydrogens is 420 g/mol. The highest BCUT2D eigenvalue weighted by Gasteiger charge is 2.43. The predicted octanol–water partition coefficient (Wildman–Crippen LogP) is 5.77. The Morgan fingerprint density at radius 3 is 2.04 bits per heavy atom. The highest BCUT2D eigenvalue weighted by molar-refractivity contribution is 9.10. The third-order valence-corrected chi connectivity index (χ3v) is 7.17. The number of hydrogen-bond donors (Lipinski definition) is 0. The molecule has 4 rings (SSSR count). The zero-order chi connectivity index (χ0) is 17.8. The summed E-state index contributed by atoms with van der Waals surface area (Å²) in [5.74, 6) is 0. The van der Waals surface area contributed by atoms with Gasteiger partial charge in [0.05, 0.1) is 9.92 Å². The Morgan fingerprint density at radius 1 is 0.960 bits per heavy atom. The summed E-state index contributed by atoms with van der Waals surface area (Å²) in [5, 5.41) is 0.682. The second kappa shape index (κ2) is 5.83. The van der Waals surface area contributed by atoms with Gasteiger partial charge in [0.2, 0.25) is 0 Å². The molecule has 0 aliphatic heterocycles. The van der Waals surface area contributed by atoms with Crippen molar-refractivity contribution in [3.05, 3.63) is 75.2 Å². The minimum Gasteiger partial charge on any atom is -0.224 e. The van der Waals surface area contributed by atoms with Gasteiger partial charge < -0.3 is 0 Å². The maximum Gasteiger partial charge on any atom is 0.175 e. The van der Waals surface area contributed by atoms with Gasteiger partial charge in [0.15, 0.2) is 9.84 Å². The van der Waals surface area contributed by atoms with Crippen LogP contribution in [0.3, 0.4) is 0 Å². The molecule has 2 aliphatic carbocycles. The molecule has 0 unspecified atom stereocenters. The molecule has 1 fully saturated rings. The standard InChI is InChI=1S/C20H16BrClO2S/c1-25(23,24)15-5-2-13(3-6-15)16-11-20(8-9-20)12-17(16)14-4-7-18(21)19(22)10-14/h2-7,10-12H,8-9H2,1H3. The molecule has 2 aliphatic rings. The summed E-state index contributed by atoms with van der Waals surface area (Å²) in [6.45, 7) is 0. The van der Waals surface area contributed by atoms with Crippen LogP contribution in [0.15, 0.2) is 64.0 Å². The van der Waals surface area contributed by atoms with Crippen LogP contribution in [0.5, 0.6) is 0 Å². The van der Waals surface area contributed by atoms with E-state index in [0.29, 0.717) is 9.92 Å². The van der Waals surface area contributed by atoms with Gasteiger partial charge in [-0.25, -0.2) is 8.42 Å². The van der Waals surface area contributed by atoms with Crippen LogP contribution in [0.25, 0.3) is 11.1 Å². The molecule has 0 amide bonds. The summed E-state index contributed by atoms with van der Waals surface area (Å²) >= 11 is 9.72. The van der Waals surface area contributed by atoms with Crippen LogP contribution in [0.1, 0.15) is 24.0 Å². The Balaban J connectivity index is 1.78. The Labute approximate surface area is 161 Å². The zero-order valence-corrected chi connectivity index (χ0v) is 16.7. The average Bonchev–Trinajstić information content (AvgIpc) is 3.20. The molecule has 0 atom stereocenters. The monoisotopic (exact) mass is 434 g/mol. The molecule has 0 N–H and O–H groups in total. The van der Waals surface area contributed by atoms with Gasteiger partial charge in [-0.2, -0.15) is 0 Å². The van der Waals surface area contributed by atoms with Crippen molar-refractivity contribution < 1.29 is 8.42 Å². The average molecular weight is 436 g/mol. The maximum absolute atomic E-state index is 11.7. The Morgan fingerprint density at radius 2 is 1.52 bits per heavy atom. The molecule has 25 heavy (non-hydrogen) atoms. The largest absolute Gasteiger partial charge is 0.224 e. The fraction of sp³-hybridized carbons (Fsp3) is 0.200. The van der Waals surface area contributed by atoms with Crippen LogP contribution in [0.4, 0.5) is 0 Å². The van der Waals surface area contributed by atoms with Crippen LogP contribution >= 0.6 is 27.5 Å². The van der Waals surface area contributed by atoms with Crippen LogP contribution in [0, 0.1) is 5.41 Å². The van der Waals surface area contributed by atoms with E-state index in [-0.39, 0.29) is 5.41 Å². The number of rotatable bonds is 3. The van der Waals surface area contributed by atoms with Gasteiger partial charge in [-0.15, -0.1) is 0 Å². The minimum absolute atomic E-state index is 0.166. The molecule has 0 bridgehead atoms. The van der Waals surface area contributed by atoms with Crippen LogP contribution < -0.4 is 0 Å². The van der Waals surface area contributed by atoms with E-state index in [4.69, 9.17) is 11.6 Å². The molecule has 1 spiro atoms. The second-order valence-electron chi connectivity index (χ2n) is 6.77. The van der Waals surface area contributed by atoms with Crippen molar-refractivity contribution >= 4 is 48.5 Å². The molecule has 5 heteroatoms. The summed E-state index contributed by atoms with van der Waals surface area (Å²) in [6.07, 6.45) is 8.18. The quantitative estimate of drug-likeness (QED) is 0.613. The van der Waals surface area contributed by atoms with E-state index in [1.807, 2.05) is 24.3 Å². The molecule has 2 aromatic rings. The highest BCUT2D eigenvalue weighted by Crippen LogP contribution is 2.57. The van der Waals surface area contributed by atoms with Crippen molar-refractivity contribution in [3.63, 3.8) is 0 Å². The first-order chi connectivity index (χ1) is 11.8. The summed E-state index contributed by atoms with van der Waals surface area (Å²) in [5.41, 5.74) is 4.59. The fourth-order valence-corrected chi connectivity index (χ4v) is 4.29. The summed E-state index contributed by atoms with van der Waals surface area (Å²) < 4.78 is 24.3. The molecule has 0 heterocycles. The Hall–Kier alpha value is -1.36. The molecule has 0 aromatic heterocycles. The first-order valence-electron chi connectivity index (χ1n) is 7.99. The van der Waals surface area contributed by atoms with Crippen LogP contribution in [-0.2, 0) is 9.84 Å². The van der Waals surface area contributed by atoms with Gasteiger partial charge in [0.1, 0.15) is 0 Å². The van der Waals surface area contributed by atoms with Gasteiger partial charge >= 0.3 is 0 Å². The van der Waals surface area contributed by atoms with Crippen LogP contribution in [0.2, 0.25) is 5.02 Å². The topological polar surface area (TPSA) is 34.1 Å². The van der Waals surface area contributed by atoms with Crippen molar-refractivity contribution in [2.24, 2.45) is 5.41 Å². The van der Waals surface area contributed by atoms with Crippen LogP contribution in [-0.4, -0.2) is 14.7 Å². The van der Waals surface area contributed by atoms with E-state index >= 15 is 0 Å². The van der Waals surface area contributed by atoms with E-state index in [0.717, 1.165) is 34.0 Å². The normalized spacial score (nSPS) is 18.2. The molecule has 0 saturated heterocycles. The molecule has 2 nitrogen and oxygen atoms in total. The third-order valence-electron chi connectivity index (χ3n) is 4.81. The van der Waals surface area contributed by atoms with E-state index in [9.17, 15) is 8.42 Å². The number of allylic oxidation sites excluding steroid dienone is 4. The number of hydrogen-bond acceptors (Lipinski definition) is 2. The molecule has 2 aromatic carbocycles.